The van der Waals surface area contributed by atoms with Gasteiger partial charge in [-0.15, -0.1) is 0 Å². The van der Waals surface area contributed by atoms with Gasteiger partial charge in [-0.05, 0) is 18.0 Å². The Bertz CT molecular complexity index is 553. The number of anilines is 3. The molecule has 0 saturated heterocycles. The molecule has 0 aliphatic heterocycles. The molecule has 0 fully saturated rings. The number of halogens is 1. The predicted octanol–water partition coefficient (Wildman–Crippen LogP) is 1.18. The lowest BCUT2D eigenvalue weighted by Crippen LogP contribution is -2.37. The van der Waals surface area contributed by atoms with E-state index in [4.69, 9.17) is 23.1 Å². The Morgan fingerprint density at radius 3 is 1.95 bits per heavy atom. The standard InChI is InChI=1S/C12H19ClN6O2/c1-11(2,6(13)20)5-12(3,4)7(21)16-10-18-8(14)17-9(15)19-10/h5H2,1-4H3,(H5,14,15,16,17,18,19,21). The van der Waals surface area contributed by atoms with E-state index < -0.39 is 16.1 Å². The summed E-state index contributed by atoms with van der Waals surface area (Å²) in [5.74, 6) is -0.592. The number of nitrogens with two attached hydrogens (primary N) is 2. The van der Waals surface area contributed by atoms with E-state index in [1.165, 1.54) is 0 Å². The normalized spacial score (nSPS) is 12.0. The van der Waals surface area contributed by atoms with E-state index in [2.05, 4.69) is 20.3 Å². The lowest BCUT2D eigenvalue weighted by atomic mass is 9.75. The van der Waals surface area contributed by atoms with Gasteiger partial charge >= 0.3 is 0 Å². The molecule has 0 aliphatic carbocycles. The lowest BCUT2D eigenvalue weighted by molar-refractivity contribution is -0.128. The molecule has 1 heterocycles. The molecule has 116 valence electrons. The maximum Gasteiger partial charge on any atom is 0.236 e. The molecule has 1 aromatic rings. The maximum atomic E-state index is 12.3. The first kappa shape index (κ1) is 17.1. The molecule has 9 heteroatoms. The van der Waals surface area contributed by atoms with E-state index >= 15 is 0 Å². The van der Waals surface area contributed by atoms with Gasteiger partial charge in [-0.1, -0.05) is 27.7 Å². The van der Waals surface area contributed by atoms with E-state index in [1.54, 1.807) is 27.7 Å². The number of aromatic nitrogens is 3. The molecule has 1 aromatic heterocycles. The van der Waals surface area contributed by atoms with Crippen LogP contribution in [0.4, 0.5) is 17.8 Å². The molecule has 0 aromatic carbocycles. The van der Waals surface area contributed by atoms with E-state index in [1.807, 2.05) is 0 Å². The summed E-state index contributed by atoms with van der Waals surface area (Å²) in [5.41, 5.74) is 9.16. The Labute approximate surface area is 127 Å². The molecular weight excluding hydrogens is 296 g/mol. The van der Waals surface area contributed by atoms with Crippen molar-refractivity contribution in [2.24, 2.45) is 10.8 Å². The van der Waals surface area contributed by atoms with Gasteiger partial charge in [0.15, 0.2) is 0 Å². The van der Waals surface area contributed by atoms with Crippen molar-refractivity contribution in [3.05, 3.63) is 0 Å². The molecule has 0 aliphatic rings. The number of carbonyl (C=O) groups is 2. The third kappa shape index (κ3) is 4.52. The second-order valence-electron chi connectivity index (χ2n) is 6.05. The predicted molar refractivity (Wildman–Crippen MR) is 80.3 cm³/mol. The highest BCUT2D eigenvalue weighted by Gasteiger charge is 2.38. The summed E-state index contributed by atoms with van der Waals surface area (Å²) in [6, 6.07) is 0. The highest BCUT2D eigenvalue weighted by atomic mass is 35.5. The maximum absolute atomic E-state index is 12.3. The monoisotopic (exact) mass is 314 g/mol. The fourth-order valence-electron chi connectivity index (χ4n) is 1.99. The minimum Gasteiger partial charge on any atom is -0.368 e. The van der Waals surface area contributed by atoms with Gasteiger partial charge in [0.25, 0.3) is 0 Å². The van der Waals surface area contributed by atoms with Crippen LogP contribution in [0.15, 0.2) is 0 Å². The summed E-state index contributed by atoms with van der Waals surface area (Å²) in [4.78, 5) is 34.8. The largest absolute Gasteiger partial charge is 0.368 e. The minimum absolute atomic E-state index is 0.0342. The van der Waals surface area contributed by atoms with Crippen LogP contribution in [-0.4, -0.2) is 26.1 Å². The van der Waals surface area contributed by atoms with Crippen LogP contribution in [-0.2, 0) is 9.59 Å². The van der Waals surface area contributed by atoms with Crippen LogP contribution in [0.2, 0.25) is 0 Å². The fraction of sp³-hybridized carbons (Fsp3) is 0.583. The van der Waals surface area contributed by atoms with Crippen LogP contribution in [0.5, 0.6) is 0 Å². The molecule has 1 rings (SSSR count). The Kier molecular flexibility index (Phi) is 4.72. The van der Waals surface area contributed by atoms with Gasteiger partial charge < -0.3 is 11.5 Å². The molecule has 0 spiro atoms. The minimum atomic E-state index is -0.871. The van der Waals surface area contributed by atoms with Gasteiger partial charge in [0.05, 0.1) is 0 Å². The van der Waals surface area contributed by atoms with Crippen LogP contribution in [0.3, 0.4) is 0 Å². The number of hydrogen-bond donors (Lipinski definition) is 3. The van der Waals surface area contributed by atoms with Crippen LogP contribution in [0.25, 0.3) is 0 Å². The van der Waals surface area contributed by atoms with E-state index in [-0.39, 0.29) is 30.2 Å². The first-order valence-corrected chi connectivity index (χ1v) is 6.60. The molecule has 0 atom stereocenters. The number of rotatable bonds is 5. The van der Waals surface area contributed by atoms with E-state index in [9.17, 15) is 9.59 Å². The number of nitrogens with one attached hydrogen (secondary N) is 1. The smallest absolute Gasteiger partial charge is 0.236 e. The molecule has 21 heavy (non-hydrogen) atoms. The van der Waals surface area contributed by atoms with Crippen LogP contribution < -0.4 is 16.8 Å². The van der Waals surface area contributed by atoms with E-state index in [0.29, 0.717) is 0 Å². The zero-order chi connectivity index (χ0) is 16.4. The van der Waals surface area contributed by atoms with Gasteiger partial charge in [-0.3, -0.25) is 14.9 Å². The van der Waals surface area contributed by atoms with Gasteiger partial charge in [0.2, 0.25) is 29.0 Å². The molecule has 8 nitrogen and oxygen atoms in total. The van der Waals surface area contributed by atoms with Gasteiger partial charge in [-0.25, -0.2) is 0 Å². The van der Waals surface area contributed by atoms with Gasteiger partial charge in [0, 0.05) is 10.8 Å². The van der Waals surface area contributed by atoms with Crippen molar-refractivity contribution in [2.45, 2.75) is 34.1 Å². The zero-order valence-corrected chi connectivity index (χ0v) is 13.2. The summed E-state index contributed by atoms with van der Waals surface area (Å²) >= 11 is 5.55. The molecule has 1 amide bonds. The van der Waals surface area contributed by atoms with Crippen molar-refractivity contribution in [3.8, 4) is 0 Å². The van der Waals surface area contributed by atoms with Crippen molar-refractivity contribution >= 4 is 40.6 Å². The first-order chi connectivity index (χ1) is 9.44. The topological polar surface area (TPSA) is 137 Å². The molecule has 5 N–H and O–H groups in total. The SMILES string of the molecule is CC(C)(CC(C)(C)C(=O)Nc1nc(N)nc(N)n1)C(=O)Cl. The third-order valence-electron chi connectivity index (χ3n) is 2.93. The average molecular weight is 315 g/mol. The Balaban J connectivity index is 2.89. The first-order valence-electron chi connectivity index (χ1n) is 6.22. The molecule has 0 unspecified atom stereocenters. The van der Waals surface area contributed by atoms with Crippen molar-refractivity contribution < 1.29 is 9.59 Å². The van der Waals surface area contributed by atoms with Crippen LogP contribution in [0.1, 0.15) is 34.1 Å². The molecular formula is C12H19ClN6O2. The van der Waals surface area contributed by atoms with Gasteiger partial charge in [-0.2, -0.15) is 15.0 Å². The van der Waals surface area contributed by atoms with Crippen molar-refractivity contribution in [3.63, 3.8) is 0 Å². The Hall–Kier alpha value is -1.96. The summed E-state index contributed by atoms with van der Waals surface area (Å²) in [6.45, 7) is 6.74. The summed E-state index contributed by atoms with van der Waals surface area (Å²) in [6.07, 6.45) is 0.254. The Morgan fingerprint density at radius 2 is 1.52 bits per heavy atom. The lowest BCUT2D eigenvalue weighted by Gasteiger charge is -2.31. The summed E-state index contributed by atoms with van der Waals surface area (Å²) in [5, 5.41) is 2.01. The summed E-state index contributed by atoms with van der Waals surface area (Å²) in [7, 11) is 0. The average Bonchev–Trinajstić information content (AvgIpc) is 2.25. The molecule has 0 saturated carbocycles. The van der Waals surface area contributed by atoms with Crippen molar-refractivity contribution in [2.75, 3.05) is 16.8 Å². The second-order valence-corrected chi connectivity index (χ2v) is 6.39. The second kappa shape index (κ2) is 5.80. The highest BCUT2D eigenvalue weighted by molar-refractivity contribution is 6.64. The quantitative estimate of drug-likeness (QED) is 0.694. The highest BCUT2D eigenvalue weighted by Crippen LogP contribution is 2.36. The van der Waals surface area contributed by atoms with Crippen LogP contribution in [0, 0.1) is 10.8 Å². The number of nitrogens with zero attached hydrogens (tertiary/aromatic N) is 3. The Morgan fingerprint density at radius 1 is 1.05 bits per heavy atom. The zero-order valence-electron chi connectivity index (χ0n) is 12.4. The number of carbonyl (C=O) groups excluding carboxylic acids is 2. The van der Waals surface area contributed by atoms with Crippen molar-refractivity contribution in [1.29, 1.82) is 0 Å². The summed E-state index contributed by atoms with van der Waals surface area (Å²) < 4.78 is 0. The number of nitrogen functional groups attached to an aromatic ring is 2. The molecule has 0 radical (unpaired) electrons. The van der Waals surface area contributed by atoms with E-state index in [0.717, 1.165) is 0 Å². The van der Waals surface area contributed by atoms with Gasteiger partial charge in [0.1, 0.15) is 0 Å². The fourth-order valence-corrected chi connectivity index (χ4v) is 2.06. The number of amides is 1. The van der Waals surface area contributed by atoms with Crippen LogP contribution >= 0.6 is 11.6 Å². The molecule has 0 bridgehead atoms. The van der Waals surface area contributed by atoms with Crippen molar-refractivity contribution in [1.82, 2.24) is 15.0 Å². The number of hydrogen-bond acceptors (Lipinski definition) is 7. The third-order valence-corrected chi connectivity index (χ3v) is 3.44.